The van der Waals surface area contributed by atoms with Crippen LogP contribution in [0.1, 0.15) is 31.9 Å². The van der Waals surface area contributed by atoms with Gasteiger partial charge < -0.3 is 24.3 Å². The third-order valence-corrected chi connectivity index (χ3v) is 5.21. The van der Waals surface area contributed by atoms with Crippen LogP contribution in [0, 0.1) is 5.92 Å². The summed E-state index contributed by atoms with van der Waals surface area (Å²) in [6.07, 6.45) is 8.76. The Labute approximate surface area is 196 Å². The predicted octanol–water partition coefficient (Wildman–Crippen LogP) is 2.97. The van der Waals surface area contributed by atoms with E-state index in [2.05, 4.69) is 44.8 Å². The Bertz CT molecular complexity index is 753. The van der Waals surface area contributed by atoms with Gasteiger partial charge in [0.1, 0.15) is 6.61 Å². The molecule has 3 heterocycles. The van der Waals surface area contributed by atoms with Crippen LogP contribution in [-0.2, 0) is 11.3 Å². The highest BCUT2D eigenvalue weighted by molar-refractivity contribution is 14.0. The van der Waals surface area contributed by atoms with Crippen molar-refractivity contribution in [2.45, 2.75) is 32.9 Å². The molecule has 3 rings (SSSR count). The SMILES string of the molecule is CCNC(=NCc1ccc(OCCOC)nc1)N1CCC(C)C(n2ccnc2)C1.I. The topological polar surface area (TPSA) is 76.8 Å². The highest BCUT2D eigenvalue weighted by Crippen LogP contribution is 2.27. The summed E-state index contributed by atoms with van der Waals surface area (Å²) in [5, 5.41) is 3.44. The zero-order valence-corrected chi connectivity index (χ0v) is 20.4. The zero-order chi connectivity index (χ0) is 20.5. The van der Waals surface area contributed by atoms with Gasteiger partial charge in [0.15, 0.2) is 5.96 Å². The normalized spacial score (nSPS) is 19.3. The predicted molar refractivity (Wildman–Crippen MR) is 128 cm³/mol. The summed E-state index contributed by atoms with van der Waals surface area (Å²) >= 11 is 0. The van der Waals surface area contributed by atoms with Crippen LogP contribution in [0.25, 0.3) is 0 Å². The van der Waals surface area contributed by atoms with Gasteiger partial charge in [0.2, 0.25) is 5.88 Å². The number of guanidine groups is 1. The lowest BCUT2D eigenvalue weighted by atomic mass is 9.93. The number of aromatic nitrogens is 3. The number of ether oxygens (including phenoxy) is 2. The van der Waals surface area contributed by atoms with Crippen LogP contribution >= 0.6 is 24.0 Å². The van der Waals surface area contributed by atoms with Crippen LogP contribution in [0.4, 0.5) is 0 Å². The van der Waals surface area contributed by atoms with E-state index in [1.54, 1.807) is 7.11 Å². The average molecular weight is 528 g/mol. The first-order chi connectivity index (χ1) is 14.2. The molecule has 2 atom stereocenters. The quantitative estimate of drug-likeness (QED) is 0.246. The number of piperidine rings is 1. The molecular weight excluding hydrogens is 495 g/mol. The molecular formula is C21H33IN6O2. The number of hydrogen-bond donors (Lipinski definition) is 1. The van der Waals surface area contributed by atoms with Gasteiger partial charge in [0, 0.05) is 51.4 Å². The van der Waals surface area contributed by atoms with Gasteiger partial charge >= 0.3 is 0 Å². The second-order valence-corrected chi connectivity index (χ2v) is 7.31. The number of halogens is 1. The van der Waals surface area contributed by atoms with Crippen LogP contribution < -0.4 is 10.1 Å². The molecule has 166 valence electrons. The first kappa shape index (κ1) is 24.4. The molecule has 2 unspecified atom stereocenters. The highest BCUT2D eigenvalue weighted by Gasteiger charge is 2.28. The van der Waals surface area contributed by atoms with Gasteiger partial charge in [-0.1, -0.05) is 13.0 Å². The number of rotatable bonds is 8. The van der Waals surface area contributed by atoms with Crippen LogP contribution in [-0.4, -0.2) is 65.4 Å². The monoisotopic (exact) mass is 528 g/mol. The molecule has 0 saturated carbocycles. The van der Waals surface area contributed by atoms with Crippen molar-refractivity contribution in [3.05, 3.63) is 42.6 Å². The van der Waals surface area contributed by atoms with E-state index in [1.807, 2.05) is 30.9 Å². The maximum absolute atomic E-state index is 5.52. The van der Waals surface area contributed by atoms with Gasteiger partial charge in [0.25, 0.3) is 0 Å². The minimum atomic E-state index is 0. The van der Waals surface area contributed by atoms with Crippen molar-refractivity contribution < 1.29 is 9.47 Å². The molecule has 1 aliphatic heterocycles. The fourth-order valence-electron chi connectivity index (χ4n) is 3.51. The summed E-state index contributed by atoms with van der Waals surface area (Å²) in [6.45, 7) is 8.81. The van der Waals surface area contributed by atoms with Gasteiger partial charge in [-0.05, 0) is 24.8 Å². The standard InChI is InChI=1S/C21H32N6O2.HI/c1-4-23-21(25-14-18-5-6-20(24-13-18)29-12-11-28-3)26-9-7-17(2)19(15-26)27-10-8-22-16-27;/h5-6,8,10,13,16-17,19H,4,7,9,11-12,14-15H2,1-3H3,(H,23,25);1H. The highest BCUT2D eigenvalue weighted by atomic mass is 127. The number of nitrogens with one attached hydrogen (secondary N) is 1. The summed E-state index contributed by atoms with van der Waals surface area (Å²) in [5.74, 6) is 2.16. The van der Waals surface area contributed by atoms with Crippen molar-refractivity contribution in [1.29, 1.82) is 0 Å². The van der Waals surface area contributed by atoms with Crippen LogP contribution in [0.5, 0.6) is 5.88 Å². The molecule has 1 aliphatic rings. The number of hydrogen-bond acceptors (Lipinski definition) is 5. The summed E-state index contributed by atoms with van der Waals surface area (Å²) < 4.78 is 12.7. The average Bonchev–Trinajstić information content (AvgIpc) is 3.27. The van der Waals surface area contributed by atoms with E-state index >= 15 is 0 Å². The number of likely N-dealkylation sites (tertiary alicyclic amines) is 1. The molecule has 0 spiro atoms. The summed E-state index contributed by atoms with van der Waals surface area (Å²) in [5.41, 5.74) is 1.05. The van der Waals surface area contributed by atoms with Gasteiger partial charge in [-0.2, -0.15) is 0 Å². The number of pyridine rings is 1. The fraction of sp³-hybridized carbons (Fsp3) is 0.571. The summed E-state index contributed by atoms with van der Waals surface area (Å²) in [6, 6.07) is 4.29. The van der Waals surface area contributed by atoms with E-state index in [9.17, 15) is 0 Å². The minimum Gasteiger partial charge on any atom is -0.475 e. The third kappa shape index (κ3) is 6.83. The van der Waals surface area contributed by atoms with Crippen molar-refractivity contribution in [3.63, 3.8) is 0 Å². The van der Waals surface area contributed by atoms with Crippen molar-refractivity contribution in [2.75, 3.05) is 40.0 Å². The summed E-state index contributed by atoms with van der Waals surface area (Å²) in [4.78, 5) is 15.8. The van der Waals surface area contributed by atoms with E-state index in [4.69, 9.17) is 14.5 Å². The lowest BCUT2D eigenvalue weighted by molar-refractivity contribution is 0.143. The van der Waals surface area contributed by atoms with Crippen LogP contribution in [0.15, 0.2) is 42.0 Å². The first-order valence-corrected chi connectivity index (χ1v) is 10.3. The van der Waals surface area contributed by atoms with Crippen molar-refractivity contribution in [2.24, 2.45) is 10.9 Å². The number of aliphatic imine (C=N–C) groups is 1. The van der Waals surface area contributed by atoms with Crippen LogP contribution in [0.2, 0.25) is 0 Å². The second-order valence-electron chi connectivity index (χ2n) is 7.31. The smallest absolute Gasteiger partial charge is 0.213 e. The molecule has 9 heteroatoms. The fourth-order valence-corrected chi connectivity index (χ4v) is 3.51. The lowest BCUT2D eigenvalue weighted by Crippen LogP contribution is -2.49. The Kier molecular flexibility index (Phi) is 10.4. The molecule has 0 bridgehead atoms. The van der Waals surface area contributed by atoms with Crippen molar-refractivity contribution in [1.82, 2.24) is 24.8 Å². The minimum absolute atomic E-state index is 0. The maximum Gasteiger partial charge on any atom is 0.213 e. The first-order valence-electron chi connectivity index (χ1n) is 10.3. The van der Waals surface area contributed by atoms with Crippen LogP contribution in [0.3, 0.4) is 0 Å². The molecule has 1 saturated heterocycles. The Balaban J connectivity index is 0.00000320. The number of methoxy groups -OCH3 is 1. The van der Waals surface area contributed by atoms with Crippen molar-refractivity contribution >= 4 is 29.9 Å². The lowest BCUT2D eigenvalue weighted by Gasteiger charge is -2.39. The molecule has 2 aromatic rings. The maximum atomic E-state index is 5.52. The molecule has 0 aromatic carbocycles. The Morgan fingerprint density at radius 1 is 1.33 bits per heavy atom. The van der Waals surface area contributed by atoms with E-state index in [1.165, 1.54) is 0 Å². The van der Waals surface area contributed by atoms with Gasteiger partial charge in [0.05, 0.1) is 25.5 Å². The van der Waals surface area contributed by atoms with E-state index in [0.29, 0.717) is 37.6 Å². The van der Waals surface area contributed by atoms with Gasteiger partial charge in [-0.3, -0.25) is 0 Å². The molecule has 8 nitrogen and oxygen atoms in total. The van der Waals surface area contributed by atoms with Gasteiger partial charge in [-0.15, -0.1) is 24.0 Å². The number of imidazole rings is 1. The zero-order valence-electron chi connectivity index (χ0n) is 18.0. The van der Waals surface area contributed by atoms with E-state index in [0.717, 1.165) is 37.6 Å². The molecule has 0 amide bonds. The molecule has 2 aromatic heterocycles. The summed E-state index contributed by atoms with van der Waals surface area (Å²) in [7, 11) is 1.65. The molecule has 1 N–H and O–H groups in total. The van der Waals surface area contributed by atoms with E-state index < -0.39 is 0 Å². The third-order valence-electron chi connectivity index (χ3n) is 5.21. The Morgan fingerprint density at radius 3 is 2.87 bits per heavy atom. The van der Waals surface area contributed by atoms with Gasteiger partial charge in [-0.25, -0.2) is 15.0 Å². The molecule has 30 heavy (non-hydrogen) atoms. The Hall–Kier alpha value is -1.88. The number of nitrogens with zero attached hydrogens (tertiary/aromatic N) is 5. The second kappa shape index (κ2) is 12.7. The van der Waals surface area contributed by atoms with E-state index in [-0.39, 0.29) is 24.0 Å². The molecule has 1 fully saturated rings. The Morgan fingerprint density at radius 2 is 2.20 bits per heavy atom. The van der Waals surface area contributed by atoms with Crippen molar-refractivity contribution in [3.8, 4) is 5.88 Å². The molecule has 0 radical (unpaired) electrons. The largest absolute Gasteiger partial charge is 0.475 e. The molecule has 0 aliphatic carbocycles.